The number of hydrogen-bond donors (Lipinski definition) is 3. The molecule has 1 aromatic carbocycles. The van der Waals surface area contributed by atoms with Crippen molar-refractivity contribution in [2.45, 2.75) is 33.4 Å². The van der Waals surface area contributed by atoms with Crippen molar-refractivity contribution in [2.75, 3.05) is 6.61 Å². The Labute approximate surface area is 202 Å². The third-order valence-corrected chi connectivity index (χ3v) is 6.24. The summed E-state index contributed by atoms with van der Waals surface area (Å²) >= 11 is 18.1. The molecular formula is C19H18Cl3N3O6S. The summed E-state index contributed by atoms with van der Waals surface area (Å²) in [6.07, 6.45) is 0.479. The Bertz CT molecular complexity index is 955. The summed E-state index contributed by atoms with van der Waals surface area (Å²) in [4.78, 5) is 50.4. The lowest BCUT2D eigenvalue weighted by Gasteiger charge is -2.49. The minimum atomic E-state index is -1.83. The first kappa shape index (κ1) is 24.5. The van der Waals surface area contributed by atoms with Crippen molar-refractivity contribution in [1.29, 1.82) is 0 Å². The number of carboxylic acid groups (broad SMARTS) is 1. The number of β-lactam (4-membered cyclic amide) rings is 1. The molecule has 0 aromatic heterocycles. The molecule has 2 aliphatic heterocycles. The number of carbonyl (C=O) groups excluding carboxylic acids is 3. The van der Waals surface area contributed by atoms with Crippen molar-refractivity contribution >= 4 is 70.4 Å². The number of nitrogens with zero attached hydrogens (tertiary/aromatic N) is 1. The second-order valence-corrected chi connectivity index (χ2v) is 11.0. The largest absolute Gasteiger partial charge is 0.477 e. The fourth-order valence-corrected chi connectivity index (χ4v) is 4.71. The van der Waals surface area contributed by atoms with Gasteiger partial charge < -0.3 is 20.5 Å². The van der Waals surface area contributed by atoms with Gasteiger partial charge in [-0.05, 0) is 18.6 Å². The van der Waals surface area contributed by atoms with Gasteiger partial charge in [0.05, 0.1) is 0 Å². The van der Waals surface area contributed by atoms with Crippen molar-refractivity contribution in [1.82, 2.24) is 15.5 Å². The van der Waals surface area contributed by atoms with Crippen LogP contribution in [-0.4, -0.2) is 60.9 Å². The van der Waals surface area contributed by atoms with Crippen LogP contribution >= 0.6 is 46.6 Å². The molecule has 9 nitrogen and oxygen atoms in total. The van der Waals surface area contributed by atoms with Crippen LogP contribution in [-0.2, 0) is 19.1 Å². The van der Waals surface area contributed by atoms with Crippen molar-refractivity contribution in [3.63, 3.8) is 0 Å². The summed E-state index contributed by atoms with van der Waals surface area (Å²) in [5.74, 6) is -2.46. The number of nitrogens with one attached hydrogen (secondary N) is 2. The van der Waals surface area contributed by atoms with Gasteiger partial charge in [0, 0.05) is 5.25 Å². The zero-order valence-electron chi connectivity index (χ0n) is 16.5. The van der Waals surface area contributed by atoms with Gasteiger partial charge in [-0.3, -0.25) is 14.5 Å². The van der Waals surface area contributed by atoms with Crippen LogP contribution in [0.4, 0.5) is 4.79 Å². The van der Waals surface area contributed by atoms with E-state index in [4.69, 9.17) is 39.5 Å². The topological polar surface area (TPSA) is 125 Å². The van der Waals surface area contributed by atoms with Gasteiger partial charge in [0.15, 0.2) is 0 Å². The lowest BCUT2D eigenvalue weighted by molar-refractivity contribution is -0.150. The molecule has 0 radical (unpaired) electrons. The first-order chi connectivity index (χ1) is 15.0. The summed E-state index contributed by atoms with van der Waals surface area (Å²) in [6, 6.07) is 6.12. The molecule has 1 saturated heterocycles. The van der Waals surface area contributed by atoms with Crippen molar-refractivity contribution < 1.29 is 29.0 Å². The number of alkyl halides is 3. The number of amides is 3. The normalized spacial score (nSPS) is 23.2. The molecule has 3 amide bonds. The van der Waals surface area contributed by atoms with Gasteiger partial charge in [-0.25, -0.2) is 9.59 Å². The Balaban J connectivity index is 1.73. The lowest BCUT2D eigenvalue weighted by atomic mass is 10.0. The summed E-state index contributed by atoms with van der Waals surface area (Å²) in [7, 11) is 0. The SMILES string of the molecule is CC1C=C(C(=O)O)N2C(=O)C(NC(=O)C(NC(=O)OCC(Cl)(Cl)Cl)c3ccccc3)[C@H]2S1. The number of ether oxygens (including phenoxy) is 1. The fourth-order valence-electron chi connectivity index (χ4n) is 3.22. The number of carbonyl (C=O) groups is 4. The predicted octanol–water partition coefficient (Wildman–Crippen LogP) is 2.58. The fraction of sp³-hybridized carbons (Fsp3) is 0.368. The first-order valence-corrected chi connectivity index (χ1v) is 11.3. The van der Waals surface area contributed by atoms with Crippen LogP contribution in [0.15, 0.2) is 42.1 Å². The van der Waals surface area contributed by atoms with E-state index in [9.17, 15) is 24.3 Å². The van der Waals surface area contributed by atoms with E-state index in [0.717, 1.165) is 4.90 Å². The number of halogens is 3. The molecule has 4 atom stereocenters. The molecule has 172 valence electrons. The highest BCUT2D eigenvalue weighted by Gasteiger charge is 2.54. The molecule has 13 heteroatoms. The minimum Gasteiger partial charge on any atom is -0.477 e. The predicted molar refractivity (Wildman–Crippen MR) is 119 cm³/mol. The highest BCUT2D eigenvalue weighted by molar-refractivity contribution is 8.00. The van der Waals surface area contributed by atoms with Crippen LogP contribution in [0.25, 0.3) is 0 Å². The maximum atomic E-state index is 13.0. The number of rotatable bonds is 6. The van der Waals surface area contributed by atoms with Crippen LogP contribution in [0, 0.1) is 0 Å². The van der Waals surface area contributed by atoms with E-state index in [0.29, 0.717) is 5.56 Å². The van der Waals surface area contributed by atoms with Crippen molar-refractivity contribution in [2.24, 2.45) is 0 Å². The van der Waals surface area contributed by atoms with Crippen LogP contribution in [0.1, 0.15) is 18.5 Å². The minimum absolute atomic E-state index is 0.121. The molecule has 2 heterocycles. The summed E-state index contributed by atoms with van der Waals surface area (Å²) in [5.41, 5.74) is 0.306. The number of hydrogen-bond acceptors (Lipinski definition) is 6. The van der Waals surface area contributed by atoms with E-state index in [-0.39, 0.29) is 10.9 Å². The second-order valence-electron chi connectivity index (χ2n) is 6.96. The van der Waals surface area contributed by atoms with Crippen molar-refractivity contribution in [3.05, 3.63) is 47.7 Å². The standard InChI is InChI=1S/C19H18Cl3N3O6S/c1-9-7-11(17(28)29)25-15(27)13(16(25)32-9)23-14(26)12(10-5-3-2-4-6-10)24-18(30)31-8-19(20,21)22/h2-7,9,12-13,16H,8H2,1H3,(H,23,26)(H,24,30)(H,28,29)/t9?,12?,13?,16-/m1/s1. The van der Waals surface area contributed by atoms with E-state index in [1.165, 1.54) is 17.8 Å². The Morgan fingerprint density at radius 2 is 1.91 bits per heavy atom. The molecule has 0 aliphatic carbocycles. The number of aliphatic carboxylic acids is 1. The van der Waals surface area contributed by atoms with E-state index in [1.807, 2.05) is 0 Å². The second kappa shape index (κ2) is 9.78. The molecule has 0 bridgehead atoms. The maximum absolute atomic E-state index is 13.0. The van der Waals surface area contributed by atoms with E-state index >= 15 is 0 Å². The van der Waals surface area contributed by atoms with Gasteiger partial charge >= 0.3 is 12.1 Å². The molecule has 32 heavy (non-hydrogen) atoms. The molecule has 1 fully saturated rings. The molecule has 3 N–H and O–H groups in total. The lowest BCUT2D eigenvalue weighted by Crippen LogP contribution is -2.71. The van der Waals surface area contributed by atoms with Crippen LogP contribution in [0.5, 0.6) is 0 Å². The Morgan fingerprint density at radius 1 is 1.25 bits per heavy atom. The molecule has 3 unspecified atom stereocenters. The Kier molecular flexibility index (Phi) is 7.49. The van der Waals surface area contributed by atoms with Gasteiger partial charge in [-0.1, -0.05) is 65.1 Å². The quantitative estimate of drug-likeness (QED) is 0.387. The summed E-state index contributed by atoms with van der Waals surface area (Å²) < 4.78 is 3.01. The van der Waals surface area contributed by atoms with Crippen LogP contribution in [0.3, 0.4) is 0 Å². The number of alkyl carbamates (subject to hydrolysis) is 1. The van der Waals surface area contributed by atoms with E-state index in [1.54, 1.807) is 37.3 Å². The molecular weight excluding hydrogens is 505 g/mol. The van der Waals surface area contributed by atoms with Gasteiger partial charge in [0.25, 0.3) is 5.91 Å². The first-order valence-electron chi connectivity index (χ1n) is 9.27. The highest BCUT2D eigenvalue weighted by Crippen LogP contribution is 2.40. The average molecular weight is 523 g/mol. The maximum Gasteiger partial charge on any atom is 0.408 e. The van der Waals surface area contributed by atoms with Gasteiger partial charge in [-0.2, -0.15) is 0 Å². The Morgan fingerprint density at radius 3 is 2.50 bits per heavy atom. The van der Waals surface area contributed by atoms with E-state index < -0.39 is 51.7 Å². The monoisotopic (exact) mass is 521 g/mol. The number of carboxylic acids is 1. The van der Waals surface area contributed by atoms with Gasteiger partial charge in [0.1, 0.15) is 29.8 Å². The summed E-state index contributed by atoms with van der Waals surface area (Å²) in [5, 5.41) is 13.6. The van der Waals surface area contributed by atoms with Crippen LogP contribution in [0.2, 0.25) is 0 Å². The van der Waals surface area contributed by atoms with E-state index in [2.05, 4.69) is 10.6 Å². The van der Waals surface area contributed by atoms with Crippen LogP contribution < -0.4 is 10.6 Å². The molecule has 3 rings (SSSR count). The number of benzene rings is 1. The number of thioether (sulfide) groups is 1. The highest BCUT2D eigenvalue weighted by atomic mass is 35.6. The molecule has 2 aliphatic rings. The number of fused-ring (bicyclic) bond motifs is 1. The molecule has 0 saturated carbocycles. The molecule has 0 spiro atoms. The Hall–Kier alpha value is -2.14. The summed E-state index contributed by atoms with van der Waals surface area (Å²) in [6.45, 7) is 1.26. The van der Waals surface area contributed by atoms with Crippen molar-refractivity contribution in [3.8, 4) is 0 Å². The average Bonchev–Trinajstić information content (AvgIpc) is 2.73. The smallest absolute Gasteiger partial charge is 0.408 e. The van der Waals surface area contributed by atoms with Gasteiger partial charge in [0.2, 0.25) is 9.70 Å². The molecule has 1 aromatic rings. The van der Waals surface area contributed by atoms with Gasteiger partial charge in [-0.15, -0.1) is 11.8 Å². The zero-order chi connectivity index (χ0) is 23.6. The zero-order valence-corrected chi connectivity index (χ0v) is 19.5. The third-order valence-electron chi connectivity index (χ3n) is 4.59. The third kappa shape index (κ3) is 5.61.